The monoisotopic (exact) mass is 268 g/mol. The second kappa shape index (κ2) is 4.94. The van der Waals surface area contributed by atoms with Crippen LogP contribution in [0.15, 0.2) is 18.2 Å². The van der Waals surface area contributed by atoms with E-state index in [2.05, 4.69) is 12.1 Å². The van der Waals surface area contributed by atoms with Crippen LogP contribution in [0.5, 0.6) is 0 Å². The van der Waals surface area contributed by atoms with Crippen LogP contribution < -0.4 is 5.46 Å². The molecule has 0 saturated carbocycles. The van der Waals surface area contributed by atoms with Gasteiger partial charge in [-0.3, -0.25) is 0 Å². The van der Waals surface area contributed by atoms with E-state index >= 15 is 0 Å². The van der Waals surface area contributed by atoms with Crippen molar-refractivity contribution in [1.82, 2.24) is 0 Å². The lowest BCUT2D eigenvalue weighted by Crippen LogP contribution is -2.41. The van der Waals surface area contributed by atoms with Gasteiger partial charge in [-0.05, 0) is 44.8 Å². The van der Waals surface area contributed by atoms with Crippen LogP contribution in [0.4, 0.5) is 0 Å². The fraction of sp³-hybridized carbons (Fsp3) is 0.467. The number of rotatable bonds is 2. The zero-order valence-corrected chi connectivity index (χ0v) is 12.2. The van der Waals surface area contributed by atoms with Gasteiger partial charge in [0, 0.05) is 0 Å². The topological polar surface area (TPSA) is 66.0 Å². The third-order valence-corrected chi connectivity index (χ3v) is 4.04. The number of hydrogen-bond acceptors (Lipinski definition) is 4. The van der Waals surface area contributed by atoms with Crippen molar-refractivity contribution in [2.24, 2.45) is 0 Å². The first-order valence-electron chi connectivity index (χ1n) is 6.56. The molecule has 0 unspecified atom stereocenters. The van der Waals surface area contributed by atoms with E-state index in [9.17, 15) is 0 Å². The molecule has 1 aromatic carbocycles. The molecule has 0 bridgehead atoms. The van der Waals surface area contributed by atoms with Gasteiger partial charge in [-0.25, -0.2) is 0 Å². The largest absolute Gasteiger partial charge is 0.494 e. The summed E-state index contributed by atoms with van der Waals surface area (Å²) >= 11 is 0. The lowest BCUT2D eigenvalue weighted by Gasteiger charge is -2.32. The zero-order valence-electron chi connectivity index (χ0n) is 12.2. The van der Waals surface area contributed by atoms with Crippen LogP contribution in [-0.4, -0.2) is 18.3 Å². The summed E-state index contributed by atoms with van der Waals surface area (Å²) in [4.78, 5) is 0. The van der Waals surface area contributed by atoms with Crippen LogP contribution in [0.2, 0.25) is 0 Å². The molecule has 0 atom stereocenters. The van der Waals surface area contributed by atoms with Gasteiger partial charge in [0.15, 0.2) is 0 Å². The minimum atomic E-state index is -0.467. The van der Waals surface area contributed by atoms with E-state index in [-0.39, 0.29) is 6.42 Å². The van der Waals surface area contributed by atoms with Crippen molar-refractivity contribution in [3.63, 3.8) is 0 Å². The highest BCUT2D eigenvalue weighted by Crippen LogP contribution is 2.36. The third-order valence-electron chi connectivity index (χ3n) is 4.04. The fourth-order valence-corrected chi connectivity index (χ4v) is 2.08. The van der Waals surface area contributed by atoms with Crippen LogP contribution >= 0.6 is 0 Å². The van der Waals surface area contributed by atoms with Gasteiger partial charge in [0.2, 0.25) is 0 Å². The standard InChI is InChI=1S/C15H17BN2O2/c1-14(2)15(3,4)20-16(19-14)13-6-5-12(10-18)11(9-13)7-8-17/h5-6,9H,7H2,1-4H3. The summed E-state index contributed by atoms with van der Waals surface area (Å²) < 4.78 is 11.9. The van der Waals surface area contributed by atoms with Crippen molar-refractivity contribution in [2.75, 3.05) is 0 Å². The van der Waals surface area contributed by atoms with E-state index in [1.54, 1.807) is 6.07 Å². The molecule has 1 fully saturated rings. The molecule has 0 spiro atoms. The van der Waals surface area contributed by atoms with Crippen molar-refractivity contribution in [3.05, 3.63) is 29.3 Å². The van der Waals surface area contributed by atoms with Gasteiger partial charge in [0.05, 0.1) is 35.3 Å². The van der Waals surface area contributed by atoms with E-state index in [1.165, 1.54) is 0 Å². The molecule has 1 aromatic rings. The van der Waals surface area contributed by atoms with Gasteiger partial charge in [0.1, 0.15) is 0 Å². The first-order chi connectivity index (χ1) is 9.30. The Bertz CT molecular complexity index is 595. The highest BCUT2D eigenvalue weighted by molar-refractivity contribution is 6.62. The van der Waals surface area contributed by atoms with Gasteiger partial charge in [-0.15, -0.1) is 0 Å². The molecule has 4 nitrogen and oxygen atoms in total. The third kappa shape index (κ3) is 2.43. The van der Waals surface area contributed by atoms with Crippen molar-refractivity contribution < 1.29 is 9.31 Å². The Morgan fingerprint density at radius 3 is 2.20 bits per heavy atom. The summed E-state index contributed by atoms with van der Waals surface area (Å²) in [6.07, 6.45) is 0.205. The molecule has 102 valence electrons. The van der Waals surface area contributed by atoms with E-state index in [4.69, 9.17) is 19.8 Å². The predicted molar refractivity (Wildman–Crippen MR) is 76.2 cm³/mol. The molecular formula is C15H17BN2O2. The van der Waals surface area contributed by atoms with Crippen LogP contribution in [0, 0.1) is 22.7 Å². The van der Waals surface area contributed by atoms with Gasteiger partial charge >= 0.3 is 7.12 Å². The van der Waals surface area contributed by atoms with Gasteiger partial charge < -0.3 is 9.31 Å². The maximum absolute atomic E-state index is 9.05. The molecule has 1 saturated heterocycles. The van der Waals surface area contributed by atoms with Crippen LogP contribution in [0.25, 0.3) is 0 Å². The Balaban J connectivity index is 2.35. The van der Waals surface area contributed by atoms with Crippen molar-refractivity contribution in [2.45, 2.75) is 45.3 Å². The van der Waals surface area contributed by atoms with Crippen LogP contribution in [0.3, 0.4) is 0 Å². The molecular weight excluding hydrogens is 251 g/mol. The first-order valence-corrected chi connectivity index (χ1v) is 6.56. The summed E-state index contributed by atoms with van der Waals surface area (Å²) in [5, 5.41) is 17.9. The molecule has 0 N–H and O–H groups in total. The smallest absolute Gasteiger partial charge is 0.399 e. The van der Waals surface area contributed by atoms with E-state index in [0.29, 0.717) is 11.1 Å². The fourth-order valence-electron chi connectivity index (χ4n) is 2.08. The Kier molecular flexibility index (Phi) is 3.60. The molecule has 0 radical (unpaired) electrons. The number of nitrogens with zero attached hydrogens (tertiary/aromatic N) is 2. The van der Waals surface area contributed by atoms with Crippen LogP contribution in [-0.2, 0) is 15.7 Å². The van der Waals surface area contributed by atoms with Crippen LogP contribution in [0.1, 0.15) is 38.8 Å². The van der Waals surface area contributed by atoms with E-state index in [0.717, 1.165) is 5.46 Å². The second-order valence-electron chi connectivity index (χ2n) is 5.95. The Morgan fingerprint density at radius 2 is 1.70 bits per heavy atom. The maximum Gasteiger partial charge on any atom is 0.494 e. The highest BCUT2D eigenvalue weighted by Gasteiger charge is 2.51. The Hall–Kier alpha value is -1.82. The average molecular weight is 268 g/mol. The van der Waals surface area contributed by atoms with Crippen molar-refractivity contribution in [3.8, 4) is 12.1 Å². The normalized spacial score (nSPS) is 19.4. The molecule has 2 rings (SSSR count). The lowest BCUT2D eigenvalue weighted by atomic mass is 9.77. The molecule has 0 amide bonds. The molecule has 5 heteroatoms. The quantitative estimate of drug-likeness (QED) is 0.768. The zero-order chi connectivity index (χ0) is 15.0. The molecule has 20 heavy (non-hydrogen) atoms. The summed E-state index contributed by atoms with van der Waals surface area (Å²) in [7, 11) is -0.467. The average Bonchev–Trinajstić information content (AvgIpc) is 2.59. The molecule has 0 aromatic heterocycles. The molecule has 1 aliphatic rings. The van der Waals surface area contributed by atoms with Crippen molar-refractivity contribution in [1.29, 1.82) is 10.5 Å². The SMILES string of the molecule is CC1(C)OB(c2ccc(C#N)c(CC#N)c2)OC1(C)C. The summed E-state index contributed by atoms with van der Waals surface area (Å²) in [6.45, 7) is 7.97. The summed E-state index contributed by atoms with van der Waals surface area (Å²) in [5.74, 6) is 0. The predicted octanol–water partition coefficient (Wildman–Crippen LogP) is 1.92. The van der Waals surface area contributed by atoms with E-state index < -0.39 is 18.3 Å². The highest BCUT2D eigenvalue weighted by atomic mass is 16.7. The maximum atomic E-state index is 9.05. The number of benzene rings is 1. The Morgan fingerprint density at radius 1 is 1.10 bits per heavy atom. The minimum absolute atomic E-state index is 0.205. The summed E-state index contributed by atoms with van der Waals surface area (Å²) in [6, 6.07) is 9.53. The van der Waals surface area contributed by atoms with Gasteiger partial charge in [-0.2, -0.15) is 10.5 Å². The molecule has 1 heterocycles. The van der Waals surface area contributed by atoms with Gasteiger partial charge in [0.25, 0.3) is 0 Å². The minimum Gasteiger partial charge on any atom is -0.399 e. The van der Waals surface area contributed by atoms with E-state index in [1.807, 2.05) is 39.8 Å². The summed E-state index contributed by atoms with van der Waals surface area (Å²) in [5.41, 5.74) is 1.27. The van der Waals surface area contributed by atoms with Crippen molar-refractivity contribution >= 4 is 12.6 Å². The first kappa shape index (κ1) is 14.6. The number of hydrogen-bond donors (Lipinski definition) is 0. The lowest BCUT2D eigenvalue weighted by molar-refractivity contribution is 0.00578. The molecule has 1 aliphatic heterocycles. The molecule has 0 aliphatic carbocycles. The number of nitriles is 2. The van der Waals surface area contributed by atoms with Gasteiger partial charge in [-0.1, -0.05) is 12.1 Å². The second-order valence-corrected chi connectivity index (χ2v) is 5.95. The Labute approximate surface area is 120 Å².